The summed E-state index contributed by atoms with van der Waals surface area (Å²) in [5.41, 5.74) is 8.60. The van der Waals surface area contributed by atoms with Gasteiger partial charge >= 0.3 is 5.97 Å². The predicted molar refractivity (Wildman–Crippen MR) is 96.6 cm³/mol. The Kier molecular flexibility index (Phi) is 8.76. The molecule has 0 aliphatic rings. The Balaban J connectivity index is 4.66. The maximum Gasteiger partial charge on any atom is 0.306 e. The third-order valence-electron chi connectivity index (χ3n) is 4.12. The van der Waals surface area contributed by atoms with Gasteiger partial charge in [0.05, 0.1) is 13.0 Å². The summed E-state index contributed by atoms with van der Waals surface area (Å²) in [6.45, 7) is 12.7. The zero-order valence-electron chi connectivity index (χ0n) is 15.6. The lowest BCUT2D eigenvalue weighted by molar-refractivity contribution is -0.144. The fourth-order valence-corrected chi connectivity index (χ4v) is 2.42. The molecule has 3 N–H and O–H groups in total. The standard InChI is InChI=1S/C17H30N2O4Si/c1-7-23-15(21)11-10-14(20)19-13(16(18)22)9-8-12-24(5,6)17(2,3)4/h13H,7,9-11H2,1-6H3,(H2,18,22)(H,19,20)/t13-/m1/s1. The van der Waals surface area contributed by atoms with Gasteiger partial charge in [0, 0.05) is 12.8 Å². The largest absolute Gasteiger partial charge is 0.466 e. The van der Waals surface area contributed by atoms with Gasteiger partial charge in [-0.15, -0.1) is 11.5 Å². The van der Waals surface area contributed by atoms with Crippen LogP contribution in [0.15, 0.2) is 0 Å². The number of primary amides is 1. The maximum atomic E-state index is 11.8. The highest BCUT2D eigenvalue weighted by atomic mass is 28.3. The molecule has 0 aromatic heterocycles. The lowest BCUT2D eigenvalue weighted by atomic mass is 10.2. The molecule has 0 saturated heterocycles. The molecule has 2 amide bonds. The van der Waals surface area contributed by atoms with Gasteiger partial charge in [-0.1, -0.05) is 33.9 Å². The molecule has 0 fully saturated rings. The van der Waals surface area contributed by atoms with Crippen molar-refractivity contribution in [2.24, 2.45) is 5.73 Å². The predicted octanol–water partition coefficient (Wildman–Crippen LogP) is 1.74. The average molecular weight is 355 g/mol. The first-order chi connectivity index (χ1) is 10.9. The van der Waals surface area contributed by atoms with E-state index in [1.807, 2.05) is 0 Å². The molecule has 6 nitrogen and oxygen atoms in total. The van der Waals surface area contributed by atoms with Crippen LogP contribution in [-0.4, -0.2) is 38.5 Å². The van der Waals surface area contributed by atoms with Crippen molar-refractivity contribution < 1.29 is 19.1 Å². The normalized spacial score (nSPS) is 12.6. The van der Waals surface area contributed by atoms with Crippen molar-refractivity contribution in [2.45, 2.75) is 71.1 Å². The SMILES string of the molecule is CCOC(=O)CCC(=O)N[C@H](CC#C[Si](C)(C)C(C)(C)C)C(N)=O. The Bertz CT molecular complexity index is 527. The summed E-state index contributed by atoms with van der Waals surface area (Å²) >= 11 is 0. The van der Waals surface area contributed by atoms with E-state index in [0.717, 1.165) is 0 Å². The molecule has 136 valence electrons. The van der Waals surface area contributed by atoms with E-state index in [4.69, 9.17) is 10.5 Å². The average Bonchev–Trinajstić information content (AvgIpc) is 2.42. The Labute approximate surface area is 145 Å². The van der Waals surface area contributed by atoms with E-state index in [9.17, 15) is 14.4 Å². The fraction of sp³-hybridized carbons (Fsp3) is 0.706. The maximum absolute atomic E-state index is 11.8. The summed E-state index contributed by atoms with van der Waals surface area (Å²) in [6, 6.07) is -0.850. The van der Waals surface area contributed by atoms with Crippen LogP contribution in [0.3, 0.4) is 0 Å². The summed E-state index contributed by atoms with van der Waals surface area (Å²) in [5.74, 6) is 1.51. The molecule has 0 spiro atoms. The van der Waals surface area contributed by atoms with Crippen LogP contribution in [0.25, 0.3) is 0 Å². The van der Waals surface area contributed by atoms with Crippen LogP contribution in [0, 0.1) is 11.5 Å². The van der Waals surface area contributed by atoms with Gasteiger partial charge in [-0.25, -0.2) is 0 Å². The number of amides is 2. The molecule has 7 heteroatoms. The molecule has 0 saturated carbocycles. The van der Waals surface area contributed by atoms with Crippen molar-refractivity contribution in [3.05, 3.63) is 0 Å². The quantitative estimate of drug-likeness (QED) is 0.413. The minimum Gasteiger partial charge on any atom is -0.466 e. The molecule has 0 aromatic carbocycles. The van der Waals surface area contributed by atoms with Gasteiger partial charge in [0.1, 0.15) is 14.1 Å². The van der Waals surface area contributed by atoms with E-state index in [1.165, 1.54) is 0 Å². The van der Waals surface area contributed by atoms with Crippen LogP contribution in [0.5, 0.6) is 0 Å². The van der Waals surface area contributed by atoms with Crippen molar-refractivity contribution in [2.75, 3.05) is 6.61 Å². The van der Waals surface area contributed by atoms with Gasteiger partial charge in [0.25, 0.3) is 0 Å². The summed E-state index contributed by atoms with van der Waals surface area (Å²) in [6.07, 6.45) is 0.103. The number of hydrogen-bond donors (Lipinski definition) is 2. The van der Waals surface area contributed by atoms with Crippen molar-refractivity contribution in [3.63, 3.8) is 0 Å². The van der Waals surface area contributed by atoms with Gasteiger partial charge in [-0.3, -0.25) is 14.4 Å². The van der Waals surface area contributed by atoms with Crippen LogP contribution < -0.4 is 11.1 Å². The minimum absolute atomic E-state index is 0.0270. The van der Waals surface area contributed by atoms with Gasteiger partial charge in [0.15, 0.2) is 0 Å². The van der Waals surface area contributed by atoms with E-state index < -0.39 is 31.9 Å². The molecule has 0 aromatic rings. The Morgan fingerprint density at radius 2 is 1.79 bits per heavy atom. The molecular weight excluding hydrogens is 324 g/mol. The highest BCUT2D eigenvalue weighted by Gasteiger charge is 2.33. The molecule has 24 heavy (non-hydrogen) atoms. The summed E-state index contributed by atoms with van der Waals surface area (Å²) in [7, 11) is -1.77. The molecular formula is C17H30N2O4Si. The van der Waals surface area contributed by atoms with Crippen molar-refractivity contribution in [1.82, 2.24) is 5.32 Å². The van der Waals surface area contributed by atoms with Crippen LogP contribution in [0.2, 0.25) is 18.1 Å². The van der Waals surface area contributed by atoms with Gasteiger partial charge in [-0.05, 0) is 12.0 Å². The lowest BCUT2D eigenvalue weighted by Crippen LogP contribution is -2.44. The van der Waals surface area contributed by atoms with E-state index in [0.29, 0.717) is 0 Å². The third kappa shape index (κ3) is 8.16. The topological polar surface area (TPSA) is 98.5 Å². The van der Waals surface area contributed by atoms with Crippen molar-refractivity contribution in [3.8, 4) is 11.5 Å². The first-order valence-electron chi connectivity index (χ1n) is 8.15. The molecule has 0 radical (unpaired) electrons. The number of hydrogen-bond acceptors (Lipinski definition) is 4. The third-order valence-corrected chi connectivity index (χ3v) is 8.67. The number of nitrogens with one attached hydrogen (secondary N) is 1. The number of rotatable bonds is 7. The second-order valence-corrected chi connectivity index (χ2v) is 12.2. The van der Waals surface area contributed by atoms with E-state index in [-0.39, 0.29) is 30.9 Å². The summed E-state index contributed by atoms with van der Waals surface area (Å²) in [5, 5.41) is 2.65. The fourth-order valence-electron chi connectivity index (χ4n) is 1.50. The molecule has 0 aliphatic heterocycles. The number of carbonyl (C=O) groups excluding carboxylic acids is 3. The zero-order chi connectivity index (χ0) is 19.0. The van der Waals surface area contributed by atoms with Gasteiger partial charge in [-0.2, -0.15) is 0 Å². The van der Waals surface area contributed by atoms with Gasteiger partial charge in [0.2, 0.25) is 11.8 Å². The Morgan fingerprint density at radius 1 is 1.21 bits per heavy atom. The highest BCUT2D eigenvalue weighted by Crippen LogP contribution is 2.35. The monoisotopic (exact) mass is 354 g/mol. The molecule has 0 heterocycles. The molecule has 0 bridgehead atoms. The summed E-state index contributed by atoms with van der Waals surface area (Å²) in [4.78, 5) is 34.5. The Hall–Kier alpha value is -1.81. The van der Waals surface area contributed by atoms with Crippen LogP contribution in [0.4, 0.5) is 0 Å². The molecule has 1 atom stereocenters. The van der Waals surface area contributed by atoms with Crippen molar-refractivity contribution in [1.29, 1.82) is 0 Å². The molecule has 0 aliphatic carbocycles. The highest BCUT2D eigenvalue weighted by molar-refractivity contribution is 6.87. The zero-order valence-corrected chi connectivity index (χ0v) is 16.6. The number of carbonyl (C=O) groups is 3. The van der Waals surface area contributed by atoms with Crippen LogP contribution in [0.1, 0.15) is 47.0 Å². The van der Waals surface area contributed by atoms with E-state index in [2.05, 4.69) is 50.6 Å². The Morgan fingerprint density at radius 3 is 2.25 bits per heavy atom. The molecule has 0 unspecified atom stereocenters. The van der Waals surface area contributed by atoms with Crippen molar-refractivity contribution >= 4 is 25.9 Å². The second-order valence-electron chi connectivity index (χ2n) is 7.21. The van der Waals surface area contributed by atoms with E-state index >= 15 is 0 Å². The number of ether oxygens (including phenoxy) is 1. The number of nitrogens with two attached hydrogens (primary N) is 1. The van der Waals surface area contributed by atoms with Gasteiger partial charge < -0.3 is 15.8 Å². The first-order valence-corrected chi connectivity index (χ1v) is 11.1. The summed E-state index contributed by atoms with van der Waals surface area (Å²) < 4.78 is 4.75. The second kappa shape index (κ2) is 9.47. The lowest BCUT2D eigenvalue weighted by Gasteiger charge is -2.31. The smallest absolute Gasteiger partial charge is 0.306 e. The van der Waals surface area contributed by atoms with Crippen LogP contribution in [-0.2, 0) is 19.1 Å². The van der Waals surface area contributed by atoms with Crippen LogP contribution >= 0.6 is 0 Å². The first kappa shape index (κ1) is 22.2. The van der Waals surface area contributed by atoms with E-state index in [1.54, 1.807) is 6.92 Å². The number of esters is 1. The minimum atomic E-state index is -1.77. The molecule has 0 rings (SSSR count).